The lowest BCUT2D eigenvalue weighted by atomic mass is 9.90. The van der Waals surface area contributed by atoms with Gasteiger partial charge in [0.15, 0.2) is 0 Å². The van der Waals surface area contributed by atoms with Crippen molar-refractivity contribution in [2.45, 2.75) is 33.7 Å². The van der Waals surface area contributed by atoms with Gasteiger partial charge in [0.1, 0.15) is 11.2 Å². The van der Waals surface area contributed by atoms with Crippen LogP contribution in [-0.4, -0.2) is 48.8 Å². The van der Waals surface area contributed by atoms with Gasteiger partial charge in [-0.1, -0.05) is 0 Å². The Morgan fingerprint density at radius 3 is 2.60 bits per heavy atom. The fraction of sp³-hybridized carbons (Fsp3) is 0.455. The minimum atomic E-state index is -1.11. The molecule has 0 fully saturated rings. The molecule has 1 aliphatic heterocycles. The van der Waals surface area contributed by atoms with E-state index in [1.54, 1.807) is 43.1 Å². The van der Waals surface area contributed by atoms with Crippen LogP contribution >= 0.6 is 0 Å². The molecule has 1 N–H and O–H groups in total. The Hall–Kier alpha value is -3.00. The molecule has 2 heterocycles. The van der Waals surface area contributed by atoms with Crippen molar-refractivity contribution in [3.05, 3.63) is 42.2 Å². The van der Waals surface area contributed by atoms with Crippen LogP contribution in [0.15, 0.2) is 36.7 Å². The molecule has 8 nitrogen and oxygen atoms in total. The molecule has 30 heavy (non-hydrogen) atoms. The first kappa shape index (κ1) is 21.7. The number of amides is 2. The van der Waals surface area contributed by atoms with Crippen molar-refractivity contribution in [1.82, 2.24) is 15.5 Å². The van der Waals surface area contributed by atoms with Crippen molar-refractivity contribution in [1.29, 1.82) is 0 Å². The maximum absolute atomic E-state index is 12.9. The third-order valence-corrected chi connectivity index (χ3v) is 5.28. The van der Waals surface area contributed by atoms with E-state index in [4.69, 9.17) is 4.74 Å². The van der Waals surface area contributed by atoms with Crippen molar-refractivity contribution in [2.24, 2.45) is 5.41 Å². The molecule has 1 aliphatic rings. The SMILES string of the molecule is CCN1C(=O)C(C)(C)C(=O)N(C)c2cc(OCCCNCc3ccnnc3)ccc21. The minimum absolute atomic E-state index is 0.190. The zero-order chi connectivity index (χ0) is 21.7. The van der Waals surface area contributed by atoms with Crippen molar-refractivity contribution in [3.63, 3.8) is 0 Å². The van der Waals surface area contributed by atoms with Gasteiger partial charge in [0, 0.05) is 32.4 Å². The topological polar surface area (TPSA) is 87.7 Å². The van der Waals surface area contributed by atoms with Gasteiger partial charge < -0.3 is 19.9 Å². The average Bonchev–Trinajstić information content (AvgIpc) is 2.80. The highest BCUT2D eigenvalue weighted by Crippen LogP contribution is 2.40. The molecule has 0 radical (unpaired) electrons. The van der Waals surface area contributed by atoms with Crippen LogP contribution in [0, 0.1) is 5.41 Å². The standard InChI is InChI=1S/C22H29N5O3/c1-5-27-18-8-7-17(13-19(18)26(4)20(28)22(2,3)21(27)29)30-12-6-10-23-14-16-9-11-24-25-15-16/h7-9,11,13,15,23H,5-6,10,12,14H2,1-4H3. The number of aromatic nitrogens is 2. The van der Waals surface area contributed by atoms with E-state index in [2.05, 4.69) is 15.5 Å². The number of anilines is 2. The van der Waals surface area contributed by atoms with Crippen LogP contribution in [0.4, 0.5) is 11.4 Å². The summed E-state index contributed by atoms with van der Waals surface area (Å²) in [5, 5.41) is 11.0. The van der Waals surface area contributed by atoms with E-state index in [-0.39, 0.29) is 11.8 Å². The summed E-state index contributed by atoms with van der Waals surface area (Å²) < 4.78 is 5.89. The molecular weight excluding hydrogens is 382 g/mol. The summed E-state index contributed by atoms with van der Waals surface area (Å²) in [6.07, 6.45) is 4.24. The van der Waals surface area contributed by atoms with E-state index in [1.807, 2.05) is 31.2 Å². The van der Waals surface area contributed by atoms with Crippen molar-refractivity contribution in [3.8, 4) is 5.75 Å². The Kier molecular flexibility index (Phi) is 6.66. The van der Waals surface area contributed by atoms with Gasteiger partial charge in [-0.05, 0) is 57.5 Å². The smallest absolute Gasteiger partial charge is 0.242 e. The Bertz CT molecular complexity index is 901. The maximum Gasteiger partial charge on any atom is 0.242 e. The first-order chi connectivity index (χ1) is 14.4. The number of benzene rings is 1. The summed E-state index contributed by atoms with van der Waals surface area (Å²) in [4.78, 5) is 29.0. The Morgan fingerprint density at radius 1 is 1.10 bits per heavy atom. The number of nitrogens with one attached hydrogen (secondary N) is 1. The summed E-state index contributed by atoms with van der Waals surface area (Å²) in [6.45, 7) is 7.84. The number of hydrogen-bond donors (Lipinski definition) is 1. The molecule has 0 unspecified atom stereocenters. The van der Waals surface area contributed by atoms with Gasteiger partial charge in [-0.3, -0.25) is 9.59 Å². The van der Waals surface area contributed by atoms with Crippen LogP contribution in [0.1, 0.15) is 32.8 Å². The van der Waals surface area contributed by atoms with Crippen molar-refractivity contribution < 1.29 is 14.3 Å². The number of ether oxygens (including phenoxy) is 1. The molecule has 0 saturated heterocycles. The van der Waals surface area contributed by atoms with Gasteiger partial charge in [-0.15, -0.1) is 0 Å². The zero-order valence-electron chi connectivity index (χ0n) is 18.0. The molecule has 0 spiro atoms. The van der Waals surface area contributed by atoms with Gasteiger partial charge >= 0.3 is 0 Å². The van der Waals surface area contributed by atoms with Gasteiger partial charge in [0.25, 0.3) is 0 Å². The van der Waals surface area contributed by atoms with E-state index < -0.39 is 5.41 Å². The number of rotatable bonds is 8. The molecule has 0 atom stereocenters. The molecule has 2 aromatic rings. The minimum Gasteiger partial charge on any atom is -0.493 e. The number of fused-ring (bicyclic) bond motifs is 1. The second-order valence-corrected chi connectivity index (χ2v) is 7.82. The maximum atomic E-state index is 12.9. The van der Waals surface area contributed by atoms with E-state index in [9.17, 15) is 9.59 Å². The molecule has 0 bridgehead atoms. The van der Waals surface area contributed by atoms with Gasteiger partial charge in [-0.2, -0.15) is 10.2 Å². The van der Waals surface area contributed by atoms with Crippen LogP contribution in [0.5, 0.6) is 5.75 Å². The van der Waals surface area contributed by atoms with Crippen LogP contribution in [0.3, 0.4) is 0 Å². The lowest BCUT2D eigenvalue weighted by molar-refractivity contribution is -0.137. The molecular formula is C22H29N5O3. The summed E-state index contributed by atoms with van der Waals surface area (Å²) in [7, 11) is 1.71. The van der Waals surface area contributed by atoms with Crippen LogP contribution in [0.2, 0.25) is 0 Å². The van der Waals surface area contributed by atoms with Crippen LogP contribution in [-0.2, 0) is 16.1 Å². The summed E-state index contributed by atoms with van der Waals surface area (Å²) in [6, 6.07) is 7.46. The molecule has 3 rings (SSSR count). The third kappa shape index (κ3) is 4.43. The summed E-state index contributed by atoms with van der Waals surface area (Å²) in [5.41, 5.74) is 1.38. The van der Waals surface area contributed by atoms with Crippen molar-refractivity contribution >= 4 is 23.2 Å². The van der Waals surface area contributed by atoms with Crippen molar-refractivity contribution in [2.75, 3.05) is 36.5 Å². The first-order valence-corrected chi connectivity index (χ1v) is 10.2. The lowest BCUT2D eigenvalue weighted by Crippen LogP contribution is -2.47. The Morgan fingerprint density at radius 2 is 1.90 bits per heavy atom. The lowest BCUT2D eigenvalue weighted by Gasteiger charge is -2.27. The molecule has 8 heteroatoms. The first-order valence-electron chi connectivity index (χ1n) is 10.2. The Balaban J connectivity index is 1.62. The second-order valence-electron chi connectivity index (χ2n) is 7.82. The van der Waals surface area contributed by atoms with Gasteiger partial charge in [-0.25, -0.2) is 0 Å². The highest BCUT2D eigenvalue weighted by molar-refractivity contribution is 6.20. The average molecular weight is 412 g/mol. The van der Waals surface area contributed by atoms with E-state index in [0.717, 1.165) is 30.8 Å². The number of nitrogens with zero attached hydrogens (tertiary/aromatic N) is 4. The summed E-state index contributed by atoms with van der Waals surface area (Å²) in [5.74, 6) is 0.260. The normalized spacial score (nSPS) is 15.7. The number of carbonyl (C=O) groups is 2. The predicted octanol–water partition coefficient (Wildman–Crippen LogP) is 2.39. The summed E-state index contributed by atoms with van der Waals surface area (Å²) >= 11 is 0. The van der Waals surface area contributed by atoms with E-state index in [0.29, 0.717) is 24.6 Å². The molecule has 0 aliphatic carbocycles. The zero-order valence-corrected chi connectivity index (χ0v) is 18.0. The molecule has 160 valence electrons. The van der Waals surface area contributed by atoms with Gasteiger partial charge in [0.05, 0.1) is 24.2 Å². The second kappa shape index (κ2) is 9.21. The van der Waals surface area contributed by atoms with Crippen LogP contribution < -0.4 is 19.9 Å². The monoisotopic (exact) mass is 411 g/mol. The molecule has 2 amide bonds. The number of hydrogen-bond acceptors (Lipinski definition) is 6. The molecule has 1 aromatic carbocycles. The molecule has 0 saturated carbocycles. The molecule has 1 aromatic heterocycles. The van der Waals surface area contributed by atoms with E-state index >= 15 is 0 Å². The highest BCUT2D eigenvalue weighted by Gasteiger charge is 2.45. The third-order valence-electron chi connectivity index (χ3n) is 5.28. The fourth-order valence-electron chi connectivity index (χ4n) is 3.51. The van der Waals surface area contributed by atoms with E-state index in [1.165, 1.54) is 0 Å². The predicted molar refractivity (Wildman–Crippen MR) is 116 cm³/mol. The quantitative estimate of drug-likeness (QED) is 0.530. The largest absolute Gasteiger partial charge is 0.493 e. The highest BCUT2D eigenvalue weighted by atomic mass is 16.5. The fourth-order valence-corrected chi connectivity index (χ4v) is 3.51. The Labute approximate surface area is 177 Å². The van der Waals surface area contributed by atoms with Crippen LogP contribution in [0.25, 0.3) is 0 Å². The van der Waals surface area contributed by atoms with Gasteiger partial charge in [0.2, 0.25) is 11.8 Å². The number of carbonyl (C=O) groups excluding carboxylic acids is 2.